The van der Waals surface area contributed by atoms with E-state index in [1.54, 1.807) is 19.2 Å². The van der Waals surface area contributed by atoms with Gasteiger partial charge in [0.2, 0.25) is 0 Å². The molecule has 0 bridgehead atoms. The lowest BCUT2D eigenvalue weighted by atomic mass is 10.1. The van der Waals surface area contributed by atoms with E-state index in [1.807, 2.05) is 13.0 Å². The molecule has 2 N–H and O–H groups in total. The van der Waals surface area contributed by atoms with Crippen LogP contribution in [-0.4, -0.2) is 23.7 Å². The van der Waals surface area contributed by atoms with Gasteiger partial charge >= 0.3 is 0 Å². The van der Waals surface area contributed by atoms with Gasteiger partial charge in [0.15, 0.2) is 0 Å². The molecule has 0 aliphatic carbocycles. The van der Waals surface area contributed by atoms with Crippen molar-refractivity contribution in [3.8, 4) is 5.75 Å². The molecule has 1 amide bonds. The topological polar surface area (TPSA) is 58.6 Å². The Bertz CT molecular complexity index is 394. The molecule has 4 heteroatoms. The molecule has 0 heterocycles. The van der Waals surface area contributed by atoms with Gasteiger partial charge in [-0.15, -0.1) is 0 Å². The van der Waals surface area contributed by atoms with Gasteiger partial charge in [-0.1, -0.05) is 0 Å². The van der Waals surface area contributed by atoms with Crippen LogP contribution in [0.1, 0.15) is 19.4 Å². The number of amides is 1. The molecule has 88 valence electrons. The molecule has 0 saturated carbocycles. The molecular formula is C12H17NO3. The number of carbonyl (C=O) groups excluding carboxylic acids is 1. The zero-order valence-corrected chi connectivity index (χ0v) is 10.00. The number of carbonyl (C=O) groups is 1. The van der Waals surface area contributed by atoms with Gasteiger partial charge in [0, 0.05) is 5.69 Å². The fraction of sp³-hybridized carbons (Fsp3) is 0.417. The molecule has 0 saturated heterocycles. The molecule has 0 aromatic heterocycles. The number of hydrogen-bond acceptors (Lipinski definition) is 3. The highest BCUT2D eigenvalue weighted by Gasteiger charge is 2.23. The summed E-state index contributed by atoms with van der Waals surface area (Å²) < 4.78 is 5.06. The Morgan fingerprint density at radius 1 is 1.44 bits per heavy atom. The summed E-state index contributed by atoms with van der Waals surface area (Å²) in [6.45, 7) is 4.75. The Labute approximate surface area is 95.2 Å². The van der Waals surface area contributed by atoms with Crippen LogP contribution in [0.2, 0.25) is 0 Å². The van der Waals surface area contributed by atoms with Crippen LogP contribution in [0.25, 0.3) is 0 Å². The minimum Gasteiger partial charge on any atom is -0.497 e. The van der Waals surface area contributed by atoms with Crippen molar-refractivity contribution in [2.45, 2.75) is 26.4 Å². The first-order valence-corrected chi connectivity index (χ1v) is 5.03. The predicted octanol–water partition coefficient (Wildman–Crippen LogP) is 1.71. The maximum atomic E-state index is 11.5. The molecule has 0 aliphatic rings. The average Bonchev–Trinajstić information content (AvgIpc) is 2.19. The number of aliphatic hydroxyl groups is 1. The Balaban J connectivity index is 2.87. The third kappa shape index (κ3) is 2.97. The lowest BCUT2D eigenvalue weighted by Gasteiger charge is -2.17. The van der Waals surface area contributed by atoms with Gasteiger partial charge in [-0.05, 0) is 44.5 Å². The fourth-order valence-corrected chi connectivity index (χ4v) is 1.18. The van der Waals surface area contributed by atoms with Gasteiger partial charge in [-0.25, -0.2) is 0 Å². The Kier molecular flexibility index (Phi) is 3.55. The van der Waals surface area contributed by atoms with Crippen LogP contribution in [0.4, 0.5) is 5.69 Å². The van der Waals surface area contributed by atoms with Crippen LogP contribution in [0.3, 0.4) is 0 Å². The summed E-state index contributed by atoms with van der Waals surface area (Å²) in [5.74, 6) is 0.305. The second-order valence-corrected chi connectivity index (χ2v) is 4.19. The quantitative estimate of drug-likeness (QED) is 0.820. The molecule has 0 aliphatic heterocycles. The summed E-state index contributed by atoms with van der Waals surface area (Å²) in [5.41, 5.74) is 0.177. The van der Waals surface area contributed by atoms with Crippen LogP contribution in [-0.2, 0) is 4.79 Å². The zero-order valence-electron chi connectivity index (χ0n) is 10.00. The van der Waals surface area contributed by atoms with E-state index in [2.05, 4.69) is 5.32 Å². The number of methoxy groups -OCH3 is 1. The van der Waals surface area contributed by atoms with E-state index in [9.17, 15) is 9.90 Å². The van der Waals surface area contributed by atoms with Crippen molar-refractivity contribution in [1.29, 1.82) is 0 Å². The minimum absolute atomic E-state index is 0.430. The first-order chi connectivity index (χ1) is 7.34. The van der Waals surface area contributed by atoms with Crippen molar-refractivity contribution in [2.75, 3.05) is 12.4 Å². The molecule has 1 rings (SSSR count). The molecule has 16 heavy (non-hydrogen) atoms. The number of nitrogens with one attached hydrogen (secondary N) is 1. The second kappa shape index (κ2) is 4.53. The lowest BCUT2D eigenvalue weighted by Crippen LogP contribution is -2.36. The molecule has 4 nitrogen and oxygen atoms in total. The number of rotatable bonds is 3. The highest BCUT2D eigenvalue weighted by molar-refractivity contribution is 5.97. The van der Waals surface area contributed by atoms with Crippen molar-refractivity contribution in [3.05, 3.63) is 23.8 Å². The molecule has 1 aromatic rings. The SMILES string of the molecule is COc1ccc(NC(=O)C(C)(C)O)c(C)c1. The summed E-state index contributed by atoms with van der Waals surface area (Å²) in [5, 5.41) is 12.2. The predicted molar refractivity (Wildman–Crippen MR) is 62.7 cm³/mol. The highest BCUT2D eigenvalue weighted by Crippen LogP contribution is 2.21. The Morgan fingerprint density at radius 3 is 2.50 bits per heavy atom. The summed E-state index contributed by atoms with van der Waals surface area (Å²) in [7, 11) is 1.59. The van der Waals surface area contributed by atoms with Crippen molar-refractivity contribution < 1.29 is 14.6 Å². The van der Waals surface area contributed by atoms with E-state index in [0.717, 1.165) is 11.3 Å². The fourth-order valence-electron chi connectivity index (χ4n) is 1.18. The van der Waals surface area contributed by atoms with Gasteiger partial charge < -0.3 is 15.2 Å². The van der Waals surface area contributed by atoms with Gasteiger partial charge in [-0.3, -0.25) is 4.79 Å². The number of benzene rings is 1. The van der Waals surface area contributed by atoms with Crippen molar-refractivity contribution in [2.24, 2.45) is 0 Å². The van der Waals surface area contributed by atoms with Crippen LogP contribution in [0.5, 0.6) is 5.75 Å². The van der Waals surface area contributed by atoms with Crippen LogP contribution in [0.15, 0.2) is 18.2 Å². The highest BCUT2D eigenvalue weighted by atomic mass is 16.5. The number of anilines is 1. The first kappa shape index (κ1) is 12.5. The van der Waals surface area contributed by atoms with Crippen molar-refractivity contribution >= 4 is 11.6 Å². The first-order valence-electron chi connectivity index (χ1n) is 5.03. The van der Waals surface area contributed by atoms with Gasteiger partial charge in [-0.2, -0.15) is 0 Å². The smallest absolute Gasteiger partial charge is 0.255 e. The monoisotopic (exact) mass is 223 g/mol. The normalized spacial score (nSPS) is 11.1. The van der Waals surface area contributed by atoms with E-state index >= 15 is 0 Å². The Hall–Kier alpha value is -1.55. The maximum absolute atomic E-state index is 11.5. The molecule has 0 atom stereocenters. The van der Waals surface area contributed by atoms with Crippen LogP contribution >= 0.6 is 0 Å². The maximum Gasteiger partial charge on any atom is 0.255 e. The molecule has 0 fully saturated rings. The zero-order chi connectivity index (χ0) is 12.3. The van der Waals surface area contributed by atoms with E-state index < -0.39 is 11.5 Å². The van der Waals surface area contributed by atoms with Gasteiger partial charge in [0.1, 0.15) is 11.4 Å². The third-order valence-corrected chi connectivity index (χ3v) is 2.24. The summed E-state index contributed by atoms with van der Waals surface area (Å²) in [4.78, 5) is 11.5. The number of ether oxygens (including phenoxy) is 1. The van der Waals surface area contributed by atoms with E-state index in [-0.39, 0.29) is 0 Å². The van der Waals surface area contributed by atoms with E-state index in [0.29, 0.717) is 5.69 Å². The molecule has 0 spiro atoms. The summed E-state index contributed by atoms with van der Waals surface area (Å²) >= 11 is 0. The third-order valence-electron chi connectivity index (χ3n) is 2.24. The van der Waals surface area contributed by atoms with Crippen LogP contribution < -0.4 is 10.1 Å². The second-order valence-electron chi connectivity index (χ2n) is 4.19. The summed E-state index contributed by atoms with van der Waals surface area (Å²) in [6, 6.07) is 5.32. The molecule has 1 aromatic carbocycles. The van der Waals surface area contributed by atoms with E-state index in [1.165, 1.54) is 13.8 Å². The molecule has 0 unspecified atom stereocenters. The lowest BCUT2D eigenvalue weighted by molar-refractivity contribution is -0.130. The number of aryl methyl sites for hydroxylation is 1. The average molecular weight is 223 g/mol. The molecular weight excluding hydrogens is 206 g/mol. The van der Waals surface area contributed by atoms with Gasteiger partial charge in [0.05, 0.1) is 7.11 Å². The van der Waals surface area contributed by atoms with Crippen LogP contribution in [0, 0.1) is 6.92 Å². The van der Waals surface area contributed by atoms with E-state index in [4.69, 9.17) is 4.74 Å². The van der Waals surface area contributed by atoms with Crippen molar-refractivity contribution in [1.82, 2.24) is 0 Å². The van der Waals surface area contributed by atoms with Gasteiger partial charge in [0.25, 0.3) is 5.91 Å². The molecule has 0 radical (unpaired) electrons. The van der Waals surface area contributed by atoms with Crippen molar-refractivity contribution in [3.63, 3.8) is 0 Å². The largest absolute Gasteiger partial charge is 0.497 e. The number of hydrogen-bond donors (Lipinski definition) is 2. The minimum atomic E-state index is -1.38. The Morgan fingerprint density at radius 2 is 2.06 bits per heavy atom. The standard InChI is InChI=1S/C12H17NO3/c1-8-7-9(16-4)5-6-10(8)13-11(14)12(2,3)15/h5-7,15H,1-4H3,(H,13,14). The summed E-state index contributed by atoms with van der Waals surface area (Å²) in [6.07, 6.45) is 0.